The Balaban J connectivity index is 1.51. The minimum Gasteiger partial charge on any atom is -0.399 e. The summed E-state index contributed by atoms with van der Waals surface area (Å²) in [5.41, 5.74) is 2.93. The SMILES string of the molecule is CC1(C)OB(c2ccc(C3Nc4ccccc4S3)cc2)OC1(C)C. The summed E-state index contributed by atoms with van der Waals surface area (Å²) in [6, 6.07) is 17.0. The molecule has 2 aliphatic rings. The van der Waals surface area contributed by atoms with Crippen LogP contribution in [0.4, 0.5) is 5.69 Å². The Kier molecular flexibility index (Phi) is 3.71. The van der Waals surface area contributed by atoms with Gasteiger partial charge in [-0.3, -0.25) is 0 Å². The number of nitrogens with one attached hydrogen (secondary N) is 1. The zero-order valence-electron chi connectivity index (χ0n) is 14.5. The van der Waals surface area contributed by atoms with E-state index in [1.165, 1.54) is 16.1 Å². The summed E-state index contributed by atoms with van der Waals surface area (Å²) in [6.45, 7) is 8.32. The minimum absolute atomic E-state index is 0.259. The van der Waals surface area contributed by atoms with Crippen molar-refractivity contribution in [2.75, 3.05) is 5.32 Å². The lowest BCUT2D eigenvalue weighted by molar-refractivity contribution is 0.00578. The van der Waals surface area contributed by atoms with Gasteiger partial charge in [0, 0.05) is 10.6 Å². The summed E-state index contributed by atoms with van der Waals surface area (Å²) >= 11 is 1.85. The van der Waals surface area contributed by atoms with Crippen molar-refractivity contribution in [3.05, 3.63) is 54.1 Å². The molecule has 1 atom stereocenters. The normalized spacial score (nSPS) is 23.8. The van der Waals surface area contributed by atoms with E-state index in [0.29, 0.717) is 0 Å². The molecule has 4 rings (SSSR count). The molecule has 3 nitrogen and oxygen atoms in total. The van der Waals surface area contributed by atoms with Gasteiger partial charge in [-0.05, 0) is 50.9 Å². The first-order valence-corrected chi connectivity index (χ1v) is 9.21. The molecule has 0 bridgehead atoms. The van der Waals surface area contributed by atoms with Gasteiger partial charge < -0.3 is 14.6 Å². The van der Waals surface area contributed by atoms with E-state index in [0.717, 1.165) is 5.46 Å². The highest BCUT2D eigenvalue weighted by molar-refractivity contribution is 8.00. The molecule has 1 N–H and O–H groups in total. The van der Waals surface area contributed by atoms with Gasteiger partial charge in [-0.2, -0.15) is 0 Å². The van der Waals surface area contributed by atoms with Crippen molar-refractivity contribution in [1.82, 2.24) is 0 Å². The summed E-state index contributed by atoms with van der Waals surface area (Å²) in [6.07, 6.45) is 0. The monoisotopic (exact) mass is 339 g/mol. The van der Waals surface area contributed by atoms with Crippen LogP contribution in [0.25, 0.3) is 0 Å². The summed E-state index contributed by atoms with van der Waals surface area (Å²) in [5.74, 6) is 0. The van der Waals surface area contributed by atoms with E-state index in [1.807, 2.05) is 11.8 Å². The molecule has 2 aromatic rings. The first kappa shape index (κ1) is 16.1. The zero-order valence-corrected chi connectivity index (χ0v) is 15.3. The quantitative estimate of drug-likeness (QED) is 0.831. The molecule has 124 valence electrons. The van der Waals surface area contributed by atoms with Crippen LogP contribution in [0.2, 0.25) is 0 Å². The van der Waals surface area contributed by atoms with Crippen LogP contribution >= 0.6 is 11.8 Å². The maximum absolute atomic E-state index is 6.12. The van der Waals surface area contributed by atoms with Crippen LogP contribution < -0.4 is 10.8 Å². The molecule has 2 heterocycles. The van der Waals surface area contributed by atoms with Gasteiger partial charge in [0.15, 0.2) is 0 Å². The Morgan fingerprint density at radius 3 is 2.17 bits per heavy atom. The average molecular weight is 339 g/mol. The van der Waals surface area contributed by atoms with E-state index in [9.17, 15) is 0 Å². The number of para-hydroxylation sites is 1. The molecule has 0 aromatic heterocycles. The maximum atomic E-state index is 6.12. The van der Waals surface area contributed by atoms with Gasteiger partial charge in [-0.15, -0.1) is 0 Å². The van der Waals surface area contributed by atoms with Crippen LogP contribution in [-0.4, -0.2) is 18.3 Å². The third kappa shape index (κ3) is 2.65. The first-order valence-electron chi connectivity index (χ1n) is 8.33. The zero-order chi connectivity index (χ0) is 16.9. The van der Waals surface area contributed by atoms with Gasteiger partial charge in [0.05, 0.1) is 11.2 Å². The van der Waals surface area contributed by atoms with Gasteiger partial charge in [0.2, 0.25) is 0 Å². The number of anilines is 1. The molecule has 24 heavy (non-hydrogen) atoms. The predicted octanol–water partition coefficient (Wildman–Crippen LogP) is 4.20. The lowest BCUT2D eigenvalue weighted by Gasteiger charge is -2.32. The van der Waals surface area contributed by atoms with E-state index in [1.54, 1.807) is 0 Å². The molecule has 0 radical (unpaired) electrons. The van der Waals surface area contributed by atoms with E-state index in [2.05, 4.69) is 81.5 Å². The topological polar surface area (TPSA) is 30.5 Å². The number of hydrogen-bond donors (Lipinski definition) is 1. The molecule has 0 amide bonds. The number of benzene rings is 2. The lowest BCUT2D eigenvalue weighted by atomic mass is 9.79. The predicted molar refractivity (Wildman–Crippen MR) is 101 cm³/mol. The van der Waals surface area contributed by atoms with E-state index in [4.69, 9.17) is 9.31 Å². The Morgan fingerprint density at radius 2 is 1.54 bits per heavy atom. The van der Waals surface area contributed by atoms with E-state index >= 15 is 0 Å². The van der Waals surface area contributed by atoms with Gasteiger partial charge >= 0.3 is 7.12 Å². The first-order chi connectivity index (χ1) is 11.4. The van der Waals surface area contributed by atoms with E-state index in [-0.39, 0.29) is 23.7 Å². The standard InChI is InChI=1S/C19H22BNO2S/c1-18(2)19(3,4)23-20(22-18)14-11-9-13(10-12-14)17-21-15-7-5-6-8-16(15)24-17/h5-12,17,21H,1-4H3. The van der Waals surface area contributed by atoms with Crippen molar-refractivity contribution < 1.29 is 9.31 Å². The van der Waals surface area contributed by atoms with Crippen molar-refractivity contribution in [3.8, 4) is 0 Å². The van der Waals surface area contributed by atoms with Gasteiger partial charge in [0.1, 0.15) is 5.37 Å². The molecule has 1 saturated heterocycles. The molecular weight excluding hydrogens is 317 g/mol. The highest BCUT2D eigenvalue weighted by Gasteiger charge is 2.51. The molecule has 0 spiro atoms. The second-order valence-electron chi connectivity index (χ2n) is 7.39. The van der Waals surface area contributed by atoms with Gasteiger partial charge in [-0.25, -0.2) is 0 Å². The van der Waals surface area contributed by atoms with Crippen LogP contribution in [-0.2, 0) is 9.31 Å². The van der Waals surface area contributed by atoms with E-state index < -0.39 is 0 Å². The number of fused-ring (bicyclic) bond motifs is 1. The smallest absolute Gasteiger partial charge is 0.399 e. The molecule has 2 aliphatic heterocycles. The fourth-order valence-corrected chi connectivity index (χ4v) is 4.09. The molecule has 0 saturated carbocycles. The number of thioether (sulfide) groups is 1. The lowest BCUT2D eigenvalue weighted by Crippen LogP contribution is -2.41. The van der Waals surface area contributed by atoms with Crippen molar-refractivity contribution in [1.29, 1.82) is 0 Å². The molecular formula is C19H22BNO2S. The second-order valence-corrected chi connectivity index (χ2v) is 8.54. The van der Waals surface area contributed by atoms with Crippen LogP contribution in [0.3, 0.4) is 0 Å². The Labute approximate surface area is 148 Å². The van der Waals surface area contributed by atoms with Crippen molar-refractivity contribution in [2.24, 2.45) is 0 Å². The van der Waals surface area contributed by atoms with Crippen LogP contribution in [0.5, 0.6) is 0 Å². The van der Waals surface area contributed by atoms with Crippen LogP contribution in [0.1, 0.15) is 38.6 Å². The minimum atomic E-state index is -0.305. The number of hydrogen-bond acceptors (Lipinski definition) is 4. The summed E-state index contributed by atoms with van der Waals surface area (Å²) in [4.78, 5) is 1.30. The molecule has 0 aliphatic carbocycles. The summed E-state index contributed by atoms with van der Waals surface area (Å²) in [5, 5.41) is 3.83. The Bertz CT molecular complexity index is 719. The fraction of sp³-hybridized carbons (Fsp3) is 0.368. The van der Waals surface area contributed by atoms with Crippen LogP contribution in [0.15, 0.2) is 53.4 Å². The second kappa shape index (κ2) is 5.55. The highest BCUT2D eigenvalue weighted by atomic mass is 32.2. The highest BCUT2D eigenvalue weighted by Crippen LogP contribution is 2.46. The van der Waals surface area contributed by atoms with Gasteiger partial charge in [-0.1, -0.05) is 48.2 Å². The average Bonchev–Trinajstić information content (AvgIpc) is 3.06. The molecule has 1 unspecified atom stereocenters. The van der Waals surface area contributed by atoms with Crippen LogP contribution in [0, 0.1) is 0 Å². The third-order valence-electron chi connectivity index (χ3n) is 5.18. The fourth-order valence-electron chi connectivity index (χ4n) is 2.94. The molecule has 5 heteroatoms. The van der Waals surface area contributed by atoms with Crippen molar-refractivity contribution in [3.63, 3.8) is 0 Å². The Hall–Kier alpha value is -1.43. The maximum Gasteiger partial charge on any atom is 0.494 e. The largest absolute Gasteiger partial charge is 0.494 e. The van der Waals surface area contributed by atoms with Gasteiger partial charge in [0.25, 0.3) is 0 Å². The summed E-state index contributed by atoms with van der Waals surface area (Å²) < 4.78 is 12.2. The van der Waals surface area contributed by atoms with Crippen molar-refractivity contribution >= 4 is 30.0 Å². The summed E-state index contributed by atoms with van der Waals surface area (Å²) in [7, 11) is -0.301. The third-order valence-corrected chi connectivity index (χ3v) is 6.42. The molecule has 2 aromatic carbocycles. The molecule has 1 fully saturated rings. The number of rotatable bonds is 2. The Morgan fingerprint density at radius 1 is 0.917 bits per heavy atom. The van der Waals surface area contributed by atoms with Crippen molar-refractivity contribution in [2.45, 2.75) is 49.2 Å².